The Morgan fingerprint density at radius 3 is 2.71 bits per heavy atom. The maximum absolute atomic E-state index is 9.21. The second-order valence-electron chi connectivity index (χ2n) is 4.51. The zero-order chi connectivity index (χ0) is 12.3. The van der Waals surface area contributed by atoms with Crippen LogP contribution in [0.2, 0.25) is 0 Å². The van der Waals surface area contributed by atoms with Crippen LogP contribution in [0.5, 0.6) is 0 Å². The van der Waals surface area contributed by atoms with E-state index in [2.05, 4.69) is 29.8 Å². The molecule has 4 heteroatoms. The van der Waals surface area contributed by atoms with Gasteiger partial charge in [-0.1, -0.05) is 13.8 Å². The molecule has 0 bridgehead atoms. The summed E-state index contributed by atoms with van der Waals surface area (Å²) in [5, 5.41) is 9.21. The molecule has 1 aromatic rings. The maximum atomic E-state index is 9.21. The summed E-state index contributed by atoms with van der Waals surface area (Å²) < 4.78 is 5.30. The van der Waals surface area contributed by atoms with Gasteiger partial charge in [-0.15, -0.1) is 0 Å². The van der Waals surface area contributed by atoms with Gasteiger partial charge in [-0.05, 0) is 17.5 Å². The van der Waals surface area contributed by atoms with Crippen molar-refractivity contribution in [3.8, 4) is 6.07 Å². The standard InChI is InChI=1S/C13H17N3O/c1-10(2)12-7-11(8-14)13(15-9-12)16-3-5-17-6-4-16/h7,9-10H,3-6H2,1-2H3. The Kier molecular flexibility index (Phi) is 3.60. The van der Waals surface area contributed by atoms with Gasteiger partial charge in [0, 0.05) is 19.3 Å². The van der Waals surface area contributed by atoms with E-state index in [-0.39, 0.29) is 0 Å². The lowest BCUT2D eigenvalue weighted by atomic mass is 10.0. The molecular weight excluding hydrogens is 214 g/mol. The minimum absolute atomic E-state index is 0.397. The number of nitriles is 1. The fourth-order valence-electron chi connectivity index (χ4n) is 1.90. The van der Waals surface area contributed by atoms with E-state index in [1.54, 1.807) is 0 Å². The summed E-state index contributed by atoms with van der Waals surface area (Å²) >= 11 is 0. The number of nitrogens with zero attached hydrogens (tertiary/aromatic N) is 3. The number of anilines is 1. The zero-order valence-electron chi connectivity index (χ0n) is 10.3. The number of hydrogen-bond acceptors (Lipinski definition) is 4. The third-order valence-electron chi connectivity index (χ3n) is 2.99. The van der Waals surface area contributed by atoms with E-state index < -0.39 is 0 Å². The first-order valence-electron chi connectivity index (χ1n) is 5.95. The summed E-state index contributed by atoms with van der Waals surface area (Å²) in [7, 11) is 0. The molecule has 1 aromatic heterocycles. The smallest absolute Gasteiger partial charge is 0.146 e. The van der Waals surface area contributed by atoms with E-state index in [1.807, 2.05) is 12.3 Å². The van der Waals surface area contributed by atoms with Gasteiger partial charge < -0.3 is 9.64 Å². The van der Waals surface area contributed by atoms with Crippen LogP contribution in [0.4, 0.5) is 5.82 Å². The van der Waals surface area contributed by atoms with Crippen LogP contribution in [-0.4, -0.2) is 31.3 Å². The summed E-state index contributed by atoms with van der Waals surface area (Å²) in [6.45, 7) is 7.24. The Morgan fingerprint density at radius 2 is 2.12 bits per heavy atom. The van der Waals surface area contributed by atoms with E-state index in [4.69, 9.17) is 4.74 Å². The predicted molar refractivity (Wildman–Crippen MR) is 66.1 cm³/mol. The van der Waals surface area contributed by atoms with E-state index in [0.717, 1.165) is 24.5 Å². The highest BCUT2D eigenvalue weighted by Gasteiger charge is 2.17. The summed E-state index contributed by atoms with van der Waals surface area (Å²) in [5.41, 5.74) is 1.77. The molecule has 0 unspecified atom stereocenters. The van der Waals surface area contributed by atoms with Crippen molar-refractivity contribution in [2.24, 2.45) is 0 Å². The molecule has 0 saturated carbocycles. The molecule has 0 amide bonds. The zero-order valence-corrected chi connectivity index (χ0v) is 10.3. The van der Waals surface area contributed by atoms with Gasteiger partial charge in [0.25, 0.3) is 0 Å². The molecular formula is C13H17N3O. The van der Waals surface area contributed by atoms with Crippen LogP contribution in [0.25, 0.3) is 0 Å². The molecule has 1 aliphatic rings. The highest BCUT2D eigenvalue weighted by Crippen LogP contribution is 2.22. The first-order valence-corrected chi connectivity index (χ1v) is 5.95. The Labute approximate surface area is 102 Å². The second kappa shape index (κ2) is 5.15. The van der Waals surface area contributed by atoms with Crippen LogP contribution >= 0.6 is 0 Å². The molecule has 17 heavy (non-hydrogen) atoms. The van der Waals surface area contributed by atoms with Crippen molar-refractivity contribution in [1.82, 2.24) is 4.98 Å². The van der Waals surface area contributed by atoms with Crippen molar-refractivity contribution >= 4 is 5.82 Å². The minimum Gasteiger partial charge on any atom is -0.378 e. The number of aromatic nitrogens is 1. The molecule has 0 aliphatic carbocycles. The van der Waals surface area contributed by atoms with E-state index in [1.165, 1.54) is 0 Å². The highest BCUT2D eigenvalue weighted by molar-refractivity contribution is 5.55. The Morgan fingerprint density at radius 1 is 1.41 bits per heavy atom. The summed E-state index contributed by atoms with van der Waals surface area (Å²) in [6.07, 6.45) is 1.87. The van der Waals surface area contributed by atoms with Gasteiger partial charge in [0.05, 0.1) is 18.8 Å². The Hall–Kier alpha value is -1.60. The largest absolute Gasteiger partial charge is 0.378 e. The molecule has 0 radical (unpaired) electrons. The third kappa shape index (κ3) is 2.56. The average molecular weight is 231 g/mol. The summed E-state index contributed by atoms with van der Waals surface area (Å²) in [5.74, 6) is 1.19. The quantitative estimate of drug-likeness (QED) is 0.780. The topological polar surface area (TPSA) is 49.2 Å². The summed E-state index contributed by atoms with van der Waals surface area (Å²) in [6, 6.07) is 4.19. The molecule has 2 heterocycles. The molecule has 1 aliphatic heterocycles. The van der Waals surface area contributed by atoms with Crippen molar-refractivity contribution < 1.29 is 4.74 Å². The second-order valence-corrected chi connectivity index (χ2v) is 4.51. The van der Waals surface area contributed by atoms with Crippen molar-refractivity contribution in [2.45, 2.75) is 19.8 Å². The van der Waals surface area contributed by atoms with Crippen LogP contribution in [-0.2, 0) is 4.74 Å². The van der Waals surface area contributed by atoms with Crippen LogP contribution in [0, 0.1) is 11.3 Å². The van der Waals surface area contributed by atoms with Gasteiger partial charge in [-0.2, -0.15) is 5.26 Å². The first kappa shape index (κ1) is 11.9. The van der Waals surface area contributed by atoms with Gasteiger partial charge in [0.1, 0.15) is 11.9 Å². The van der Waals surface area contributed by atoms with Gasteiger partial charge in [-0.3, -0.25) is 0 Å². The van der Waals surface area contributed by atoms with Crippen LogP contribution in [0.3, 0.4) is 0 Å². The van der Waals surface area contributed by atoms with Gasteiger partial charge in [0.15, 0.2) is 0 Å². The van der Waals surface area contributed by atoms with Crippen molar-refractivity contribution in [2.75, 3.05) is 31.2 Å². The minimum atomic E-state index is 0.397. The maximum Gasteiger partial charge on any atom is 0.146 e. The number of rotatable bonds is 2. The summed E-state index contributed by atoms with van der Waals surface area (Å²) in [4.78, 5) is 6.56. The van der Waals surface area contributed by atoms with Crippen LogP contribution < -0.4 is 4.90 Å². The van der Waals surface area contributed by atoms with E-state index in [9.17, 15) is 5.26 Å². The fourth-order valence-corrected chi connectivity index (χ4v) is 1.90. The molecule has 2 rings (SSSR count). The fraction of sp³-hybridized carbons (Fsp3) is 0.538. The molecule has 1 fully saturated rings. The van der Waals surface area contributed by atoms with Crippen LogP contribution in [0.15, 0.2) is 12.3 Å². The molecule has 1 saturated heterocycles. The Bertz CT molecular complexity index is 431. The van der Waals surface area contributed by atoms with E-state index in [0.29, 0.717) is 24.7 Å². The normalized spacial score (nSPS) is 16.0. The highest BCUT2D eigenvalue weighted by atomic mass is 16.5. The van der Waals surface area contributed by atoms with Crippen LogP contribution in [0.1, 0.15) is 30.9 Å². The van der Waals surface area contributed by atoms with Crippen molar-refractivity contribution in [1.29, 1.82) is 5.26 Å². The van der Waals surface area contributed by atoms with Crippen molar-refractivity contribution in [3.05, 3.63) is 23.4 Å². The van der Waals surface area contributed by atoms with Gasteiger partial charge >= 0.3 is 0 Å². The lowest BCUT2D eigenvalue weighted by Crippen LogP contribution is -2.37. The first-order chi connectivity index (χ1) is 8.22. The predicted octanol–water partition coefficient (Wildman–Crippen LogP) is 1.91. The molecule has 0 aromatic carbocycles. The molecule has 0 N–H and O–H groups in total. The van der Waals surface area contributed by atoms with Gasteiger partial charge in [-0.25, -0.2) is 4.98 Å². The molecule has 4 nitrogen and oxygen atoms in total. The monoisotopic (exact) mass is 231 g/mol. The Balaban J connectivity index is 2.30. The lowest BCUT2D eigenvalue weighted by Gasteiger charge is -2.28. The lowest BCUT2D eigenvalue weighted by molar-refractivity contribution is 0.122. The van der Waals surface area contributed by atoms with Crippen molar-refractivity contribution in [3.63, 3.8) is 0 Å². The number of morpholine rings is 1. The van der Waals surface area contributed by atoms with E-state index >= 15 is 0 Å². The molecule has 0 spiro atoms. The van der Waals surface area contributed by atoms with Gasteiger partial charge in [0.2, 0.25) is 0 Å². The molecule has 90 valence electrons. The SMILES string of the molecule is CC(C)c1cnc(N2CCOCC2)c(C#N)c1. The average Bonchev–Trinajstić information content (AvgIpc) is 2.39. The number of ether oxygens (including phenoxy) is 1. The third-order valence-corrected chi connectivity index (χ3v) is 2.99. The number of hydrogen-bond donors (Lipinski definition) is 0. The molecule has 0 atom stereocenters. The number of pyridine rings is 1.